The summed E-state index contributed by atoms with van der Waals surface area (Å²) in [4.78, 5) is 54.3. The van der Waals surface area contributed by atoms with Gasteiger partial charge in [-0.05, 0) is 66.1 Å². The van der Waals surface area contributed by atoms with E-state index in [9.17, 15) is 19.2 Å². The number of amides is 3. The van der Waals surface area contributed by atoms with E-state index in [0.717, 1.165) is 71.8 Å². The molecule has 236 valence electrons. The maximum absolute atomic E-state index is 13.9. The number of piperazine rings is 1. The molecule has 3 N–H and O–H groups in total. The minimum absolute atomic E-state index is 0.0410. The Kier molecular flexibility index (Phi) is 10.5. The fourth-order valence-corrected chi connectivity index (χ4v) is 5.72. The molecule has 10 heteroatoms. The van der Waals surface area contributed by atoms with Crippen molar-refractivity contribution in [2.75, 3.05) is 44.7 Å². The molecule has 0 bridgehead atoms. The van der Waals surface area contributed by atoms with Crippen LogP contribution in [0.3, 0.4) is 0 Å². The highest BCUT2D eigenvalue weighted by Gasteiger charge is 2.27. The SMILES string of the molecule is COC(=O)/C=C/C(=O)NNC(=O)CCc1ccc(N2CCN(CC3CC3)CC2)cc1C(=O)N[C@H](C)c1cccc2ccccc12. The quantitative estimate of drug-likeness (QED) is 0.172. The van der Waals surface area contributed by atoms with Gasteiger partial charge in [0.1, 0.15) is 0 Å². The molecule has 1 saturated carbocycles. The van der Waals surface area contributed by atoms with E-state index in [1.54, 1.807) is 0 Å². The standard InChI is InChI=1S/C35H41N5O5/c1-24(29-9-5-7-26-6-3-4-8-30(26)29)36-35(44)31-22-28(40-20-18-39(19-21-40)23-25-10-11-25)14-12-27(31)13-15-32(41)37-38-33(42)16-17-34(43)45-2/h3-9,12,14,16-17,22,24-25H,10-11,13,15,18-21,23H2,1-2H3,(H,36,44)(H,37,41)(H,38,42)/b17-16+/t24-/m1/s1. The Morgan fingerprint density at radius 3 is 2.44 bits per heavy atom. The lowest BCUT2D eigenvalue weighted by Gasteiger charge is -2.36. The van der Waals surface area contributed by atoms with Crippen molar-refractivity contribution in [3.05, 3.63) is 89.5 Å². The highest BCUT2D eigenvalue weighted by molar-refractivity contribution is 5.98. The molecule has 1 heterocycles. The predicted octanol–water partition coefficient (Wildman–Crippen LogP) is 3.67. The fraction of sp³-hybridized carbons (Fsp3) is 0.371. The molecule has 1 aliphatic heterocycles. The van der Waals surface area contributed by atoms with Crippen molar-refractivity contribution in [1.29, 1.82) is 0 Å². The summed E-state index contributed by atoms with van der Waals surface area (Å²) in [7, 11) is 1.20. The number of methoxy groups -OCH3 is 1. The second-order valence-electron chi connectivity index (χ2n) is 11.7. The molecule has 1 atom stereocenters. The maximum atomic E-state index is 13.9. The Bertz CT molecular complexity index is 1570. The number of nitrogens with one attached hydrogen (secondary N) is 3. The first kappa shape index (κ1) is 31.7. The molecule has 10 nitrogen and oxygen atoms in total. The number of hydrazine groups is 1. The highest BCUT2D eigenvalue weighted by Crippen LogP contribution is 2.31. The van der Waals surface area contributed by atoms with Crippen molar-refractivity contribution in [2.24, 2.45) is 5.92 Å². The molecular weight excluding hydrogens is 570 g/mol. The van der Waals surface area contributed by atoms with Crippen LogP contribution in [0.4, 0.5) is 5.69 Å². The number of benzene rings is 3. The molecule has 0 unspecified atom stereocenters. The van der Waals surface area contributed by atoms with Gasteiger partial charge in [-0.15, -0.1) is 0 Å². The average Bonchev–Trinajstić information content (AvgIpc) is 3.89. The number of esters is 1. The summed E-state index contributed by atoms with van der Waals surface area (Å²) in [5.41, 5.74) is 7.87. The van der Waals surface area contributed by atoms with Gasteiger partial charge in [-0.1, -0.05) is 48.5 Å². The summed E-state index contributed by atoms with van der Waals surface area (Å²) in [6.07, 6.45) is 4.94. The van der Waals surface area contributed by atoms with E-state index < -0.39 is 17.8 Å². The fourth-order valence-electron chi connectivity index (χ4n) is 5.72. The van der Waals surface area contributed by atoms with Crippen LogP contribution in [0.15, 0.2) is 72.8 Å². The van der Waals surface area contributed by atoms with Gasteiger partial charge in [0.2, 0.25) is 5.91 Å². The van der Waals surface area contributed by atoms with Gasteiger partial charge in [0, 0.05) is 62.5 Å². The van der Waals surface area contributed by atoms with Crippen molar-refractivity contribution < 1.29 is 23.9 Å². The zero-order chi connectivity index (χ0) is 31.8. The number of ether oxygens (including phenoxy) is 1. The van der Waals surface area contributed by atoms with Gasteiger partial charge in [-0.25, -0.2) is 4.79 Å². The predicted molar refractivity (Wildman–Crippen MR) is 173 cm³/mol. The summed E-state index contributed by atoms with van der Waals surface area (Å²) in [5, 5.41) is 5.40. The lowest BCUT2D eigenvalue weighted by Crippen LogP contribution is -2.47. The van der Waals surface area contributed by atoms with Crippen molar-refractivity contribution in [3.8, 4) is 0 Å². The van der Waals surface area contributed by atoms with Gasteiger partial charge in [-0.2, -0.15) is 0 Å². The summed E-state index contributed by atoms with van der Waals surface area (Å²) in [6, 6.07) is 19.8. The van der Waals surface area contributed by atoms with Gasteiger partial charge < -0.3 is 15.0 Å². The maximum Gasteiger partial charge on any atom is 0.330 e. The minimum Gasteiger partial charge on any atom is -0.466 e. The molecule has 3 aromatic carbocycles. The van der Waals surface area contributed by atoms with Gasteiger partial charge in [0.25, 0.3) is 11.8 Å². The van der Waals surface area contributed by atoms with E-state index in [4.69, 9.17) is 0 Å². The molecule has 3 aromatic rings. The highest BCUT2D eigenvalue weighted by atomic mass is 16.5. The first-order chi connectivity index (χ1) is 21.8. The van der Waals surface area contributed by atoms with Crippen LogP contribution in [0.25, 0.3) is 10.8 Å². The summed E-state index contributed by atoms with van der Waals surface area (Å²) < 4.78 is 4.45. The van der Waals surface area contributed by atoms with Gasteiger partial charge in [0.05, 0.1) is 13.2 Å². The topological polar surface area (TPSA) is 120 Å². The zero-order valence-electron chi connectivity index (χ0n) is 25.9. The molecule has 3 amide bonds. The van der Waals surface area contributed by atoms with E-state index in [2.05, 4.69) is 48.9 Å². The van der Waals surface area contributed by atoms with Crippen molar-refractivity contribution in [2.45, 2.75) is 38.6 Å². The number of hydrogen-bond acceptors (Lipinski definition) is 7. The largest absolute Gasteiger partial charge is 0.466 e. The normalized spacial score (nSPS) is 15.9. The van der Waals surface area contributed by atoms with Gasteiger partial charge in [0.15, 0.2) is 0 Å². The summed E-state index contributed by atoms with van der Waals surface area (Å²) in [5.74, 6) is -1.13. The van der Waals surface area contributed by atoms with E-state index in [0.29, 0.717) is 12.0 Å². The van der Waals surface area contributed by atoms with Gasteiger partial charge in [-0.3, -0.25) is 30.1 Å². The summed E-state index contributed by atoms with van der Waals surface area (Å²) >= 11 is 0. The van der Waals surface area contributed by atoms with Crippen LogP contribution in [0.1, 0.15) is 53.7 Å². The van der Waals surface area contributed by atoms with Crippen molar-refractivity contribution in [1.82, 2.24) is 21.1 Å². The van der Waals surface area contributed by atoms with Crippen LogP contribution in [-0.2, 0) is 25.5 Å². The average molecular weight is 612 g/mol. The van der Waals surface area contributed by atoms with E-state index in [1.807, 2.05) is 49.4 Å². The number of aryl methyl sites for hydroxylation is 1. The van der Waals surface area contributed by atoms with Crippen molar-refractivity contribution >= 4 is 40.2 Å². The first-order valence-electron chi connectivity index (χ1n) is 15.5. The second-order valence-corrected chi connectivity index (χ2v) is 11.7. The van der Waals surface area contributed by atoms with Crippen molar-refractivity contribution in [3.63, 3.8) is 0 Å². The zero-order valence-corrected chi connectivity index (χ0v) is 25.9. The third kappa shape index (κ3) is 8.69. The number of anilines is 1. The van der Waals surface area contributed by atoms with E-state index >= 15 is 0 Å². The lowest BCUT2D eigenvalue weighted by atomic mass is 9.97. The molecule has 2 aliphatic rings. The van der Waals surface area contributed by atoms with Crippen LogP contribution in [0, 0.1) is 5.92 Å². The Hall–Kier alpha value is -4.70. The molecule has 1 saturated heterocycles. The molecular formula is C35H41N5O5. The Balaban J connectivity index is 1.28. The number of hydrogen-bond donors (Lipinski definition) is 3. The number of rotatable bonds is 11. The third-order valence-corrected chi connectivity index (χ3v) is 8.44. The molecule has 2 fully saturated rings. The number of carbonyl (C=O) groups is 4. The Morgan fingerprint density at radius 1 is 0.933 bits per heavy atom. The monoisotopic (exact) mass is 611 g/mol. The molecule has 0 aromatic heterocycles. The van der Waals surface area contributed by atoms with E-state index in [-0.39, 0.29) is 18.4 Å². The van der Waals surface area contributed by atoms with Crippen LogP contribution in [0.2, 0.25) is 0 Å². The molecule has 5 rings (SSSR count). The van der Waals surface area contributed by atoms with Crippen LogP contribution in [0.5, 0.6) is 0 Å². The van der Waals surface area contributed by atoms with Crippen LogP contribution < -0.4 is 21.1 Å². The second kappa shape index (κ2) is 14.9. The Labute approximate surface area is 263 Å². The lowest BCUT2D eigenvalue weighted by molar-refractivity contribution is -0.135. The van der Waals surface area contributed by atoms with Crippen LogP contribution >= 0.6 is 0 Å². The number of carbonyl (C=O) groups excluding carboxylic acids is 4. The molecule has 45 heavy (non-hydrogen) atoms. The molecule has 1 aliphatic carbocycles. The van der Waals surface area contributed by atoms with Crippen LogP contribution in [-0.4, -0.2) is 68.4 Å². The smallest absolute Gasteiger partial charge is 0.330 e. The third-order valence-electron chi connectivity index (χ3n) is 8.44. The molecule has 0 radical (unpaired) electrons. The first-order valence-corrected chi connectivity index (χ1v) is 15.5. The van der Waals surface area contributed by atoms with Gasteiger partial charge >= 0.3 is 5.97 Å². The molecule has 0 spiro atoms. The van der Waals surface area contributed by atoms with E-state index in [1.165, 1.54) is 26.5 Å². The Morgan fingerprint density at radius 2 is 1.69 bits per heavy atom. The number of fused-ring (bicyclic) bond motifs is 1. The number of nitrogens with zero attached hydrogens (tertiary/aromatic N) is 2. The summed E-state index contributed by atoms with van der Waals surface area (Å²) in [6.45, 7) is 6.94. The minimum atomic E-state index is -0.680.